The van der Waals surface area contributed by atoms with Gasteiger partial charge >= 0.3 is 0 Å². The first-order chi connectivity index (χ1) is 11.1. The second-order valence-electron chi connectivity index (χ2n) is 5.80. The maximum Gasteiger partial charge on any atom is 0.125 e. The van der Waals surface area contributed by atoms with Crippen LogP contribution in [0.25, 0.3) is 0 Å². The summed E-state index contributed by atoms with van der Waals surface area (Å²) in [6.07, 6.45) is -0.844. The molecule has 1 saturated heterocycles. The van der Waals surface area contributed by atoms with Crippen LogP contribution in [0, 0.1) is 6.92 Å². The van der Waals surface area contributed by atoms with E-state index >= 15 is 0 Å². The van der Waals surface area contributed by atoms with Crippen molar-refractivity contribution in [1.29, 1.82) is 0 Å². The number of hydrazine groups is 1. The van der Waals surface area contributed by atoms with Crippen LogP contribution in [0.2, 0.25) is 0 Å². The highest BCUT2D eigenvalue weighted by Gasteiger charge is 2.22. The molecule has 0 aliphatic carbocycles. The number of halogens is 1. The summed E-state index contributed by atoms with van der Waals surface area (Å²) in [5, 5.41) is 0. The third-order valence-electron chi connectivity index (χ3n) is 3.79. The Morgan fingerprint density at radius 3 is 2.39 bits per heavy atom. The van der Waals surface area contributed by atoms with Crippen molar-refractivity contribution in [3.8, 4) is 0 Å². The van der Waals surface area contributed by atoms with Gasteiger partial charge < -0.3 is 5.43 Å². The SMILES string of the molecule is C=C(CN1CCN(Cc2ccc(C)cc2)CC(F)C1)NN.CC. The van der Waals surface area contributed by atoms with Gasteiger partial charge in [-0.3, -0.25) is 15.6 Å². The first kappa shape index (κ1) is 19.6. The Kier molecular flexibility index (Phi) is 8.84. The zero-order valence-corrected chi connectivity index (χ0v) is 14.7. The van der Waals surface area contributed by atoms with Gasteiger partial charge in [0.15, 0.2) is 0 Å². The summed E-state index contributed by atoms with van der Waals surface area (Å²) in [7, 11) is 0. The molecule has 0 radical (unpaired) electrons. The average molecular weight is 322 g/mol. The van der Waals surface area contributed by atoms with Crippen molar-refractivity contribution in [1.82, 2.24) is 15.2 Å². The maximum atomic E-state index is 14.1. The van der Waals surface area contributed by atoms with Gasteiger partial charge in [0, 0.05) is 45.0 Å². The van der Waals surface area contributed by atoms with Gasteiger partial charge in [-0.15, -0.1) is 0 Å². The summed E-state index contributed by atoms with van der Waals surface area (Å²) >= 11 is 0. The molecule has 1 aliphatic rings. The highest BCUT2D eigenvalue weighted by molar-refractivity contribution is 5.21. The van der Waals surface area contributed by atoms with Crippen LogP contribution in [0.5, 0.6) is 0 Å². The second kappa shape index (κ2) is 10.4. The normalized spacial score (nSPS) is 19.4. The van der Waals surface area contributed by atoms with Gasteiger partial charge in [-0.05, 0) is 12.5 Å². The van der Waals surface area contributed by atoms with Crippen molar-refractivity contribution in [2.45, 2.75) is 33.5 Å². The molecule has 2 rings (SSSR count). The number of nitrogens with one attached hydrogen (secondary N) is 1. The Morgan fingerprint density at radius 1 is 1.22 bits per heavy atom. The van der Waals surface area contributed by atoms with Crippen LogP contribution in [-0.2, 0) is 6.54 Å². The molecule has 1 atom stereocenters. The summed E-state index contributed by atoms with van der Waals surface area (Å²) in [6.45, 7) is 13.9. The molecule has 1 aliphatic heterocycles. The molecule has 23 heavy (non-hydrogen) atoms. The Balaban J connectivity index is 0.00000127. The van der Waals surface area contributed by atoms with E-state index in [0.717, 1.165) is 19.6 Å². The topological polar surface area (TPSA) is 44.5 Å². The molecule has 0 spiro atoms. The fourth-order valence-electron chi connectivity index (χ4n) is 2.64. The van der Waals surface area contributed by atoms with Crippen molar-refractivity contribution in [3.05, 3.63) is 47.7 Å². The lowest BCUT2D eigenvalue weighted by Gasteiger charge is -2.22. The van der Waals surface area contributed by atoms with Crippen LogP contribution in [-0.4, -0.2) is 48.7 Å². The van der Waals surface area contributed by atoms with Gasteiger partial charge in [0.1, 0.15) is 6.17 Å². The number of nitrogens with two attached hydrogens (primary N) is 1. The molecular weight excluding hydrogens is 291 g/mol. The van der Waals surface area contributed by atoms with E-state index in [1.807, 2.05) is 13.8 Å². The predicted molar refractivity (Wildman–Crippen MR) is 95.6 cm³/mol. The van der Waals surface area contributed by atoms with Crippen LogP contribution in [0.4, 0.5) is 4.39 Å². The molecule has 0 amide bonds. The Hall–Kier alpha value is -1.43. The lowest BCUT2D eigenvalue weighted by Crippen LogP contribution is -2.36. The highest BCUT2D eigenvalue weighted by atomic mass is 19.1. The molecular formula is C18H31FN4. The monoisotopic (exact) mass is 322 g/mol. The van der Waals surface area contributed by atoms with Gasteiger partial charge in [-0.25, -0.2) is 4.39 Å². The third kappa shape index (κ3) is 7.12. The minimum Gasteiger partial charge on any atom is -0.328 e. The number of alkyl halides is 1. The van der Waals surface area contributed by atoms with Crippen LogP contribution in [0.15, 0.2) is 36.5 Å². The van der Waals surface area contributed by atoms with Crippen molar-refractivity contribution in [2.24, 2.45) is 5.84 Å². The molecule has 0 saturated carbocycles. The molecule has 1 fully saturated rings. The van der Waals surface area contributed by atoms with E-state index in [1.54, 1.807) is 0 Å². The van der Waals surface area contributed by atoms with E-state index in [-0.39, 0.29) is 0 Å². The van der Waals surface area contributed by atoms with Crippen molar-refractivity contribution < 1.29 is 4.39 Å². The zero-order valence-electron chi connectivity index (χ0n) is 14.7. The van der Waals surface area contributed by atoms with Crippen LogP contribution in [0.1, 0.15) is 25.0 Å². The lowest BCUT2D eigenvalue weighted by molar-refractivity contribution is 0.200. The van der Waals surface area contributed by atoms with E-state index in [9.17, 15) is 4.39 Å². The number of hydrogen-bond donors (Lipinski definition) is 2. The van der Waals surface area contributed by atoms with Gasteiger partial charge in [-0.1, -0.05) is 50.3 Å². The van der Waals surface area contributed by atoms with E-state index in [4.69, 9.17) is 5.84 Å². The summed E-state index contributed by atoms with van der Waals surface area (Å²) in [6, 6.07) is 8.43. The van der Waals surface area contributed by atoms with Crippen molar-refractivity contribution in [2.75, 3.05) is 32.7 Å². The summed E-state index contributed by atoms with van der Waals surface area (Å²) in [4.78, 5) is 4.23. The number of rotatable bonds is 5. The van der Waals surface area contributed by atoms with Gasteiger partial charge in [0.05, 0.1) is 0 Å². The first-order valence-electron chi connectivity index (χ1n) is 8.35. The summed E-state index contributed by atoms with van der Waals surface area (Å²) < 4.78 is 14.1. The van der Waals surface area contributed by atoms with Gasteiger partial charge in [0.25, 0.3) is 0 Å². The molecule has 1 unspecified atom stereocenters. The molecule has 1 aromatic carbocycles. The molecule has 4 nitrogen and oxygen atoms in total. The van der Waals surface area contributed by atoms with Crippen LogP contribution >= 0.6 is 0 Å². The fraction of sp³-hybridized carbons (Fsp3) is 0.556. The molecule has 5 heteroatoms. The minimum atomic E-state index is -0.844. The third-order valence-corrected chi connectivity index (χ3v) is 3.79. The number of benzene rings is 1. The van der Waals surface area contributed by atoms with Gasteiger partial charge in [-0.2, -0.15) is 0 Å². The van der Waals surface area contributed by atoms with Crippen molar-refractivity contribution >= 4 is 0 Å². The van der Waals surface area contributed by atoms with E-state index in [2.05, 4.69) is 53.0 Å². The quantitative estimate of drug-likeness (QED) is 0.646. The summed E-state index contributed by atoms with van der Waals surface area (Å²) in [5.41, 5.74) is 5.73. The van der Waals surface area contributed by atoms with Crippen LogP contribution < -0.4 is 11.3 Å². The van der Waals surface area contributed by atoms with Gasteiger partial charge in [0.2, 0.25) is 0 Å². The largest absolute Gasteiger partial charge is 0.328 e. The molecule has 1 heterocycles. The molecule has 3 N–H and O–H groups in total. The Bertz CT molecular complexity index is 461. The zero-order chi connectivity index (χ0) is 17.2. The number of aryl methyl sites for hydroxylation is 1. The molecule has 130 valence electrons. The lowest BCUT2D eigenvalue weighted by atomic mass is 10.1. The standard InChI is InChI=1S/C16H25FN4.C2H6/c1-13-3-5-15(6-4-13)10-21-8-7-20(9-14(2)19-18)11-16(17)12-21;1-2/h3-6,16,19H,2,7-12,18H2,1H3;1-2H3. The number of hydrogen-bond acceptors (Lipinski definition) is 4. The van der Waals surface area contributed by atoms with Crippen molar-refractivity contribution in [3.63, 3.8) is 0 Å². The second-order valence-corrected chi connectivity index (χ2v) is 5.80. The highest BCUT2D eigenvalue weighted by Crippen LogP contribution is 2.12. The maximum absolute atomic E-state index is 14.1. The average Bonchev–Trinajstić information content (AvgIpc) is 2.72. The molecule has 1 aromatic rings. The van der Waals surface area contributed by atoms with E-state index in [0.29, 0.717) is 25.3 Å². The molecule has 0 aromatic heterocycles. The Labute approximate surface area is 140 Å². The first-order valence-corrected chi connectivity index (χ1v) is 8.35. The fourth-order valence-corrected chi connectivity index (χ4v) is 2.64. The minimum absolute atomic E-state index is 0.436. The molecule has 0 bridgehead atoms. The smallest absolute Gasteiger partial charge is 0.125 e. The summed E-state index contributed by atoms with van der Waals surface area (Å²) in [5.74, 6) is 5.32. The van der Waals surface area contributed by atoms with Crippen LogP contribution in [0.3, 0.4) is 0 Å². The number of nitrogens with zero attached hydrogens (tertiary/aromatic N) is 2. The Morgan fingerprint density at radius 2 is 1.78 bits per heavy atom. The predicted octanol–water partition coefficient (Wildman–Crippen LogP) is 2.45. The van der Waals surface area contributed by atoms with E-state index < -0.39 is 6.17 Å². The van der Waals surface area contributed by atoms with E-state index in [1.165, 1.54) is 11.1 Å².